The summed E-state index contributed by atoms with van der Waals surface area (Å²) in [4.78, 5) is 0. The summed E-state index contributed by atoms with van der Waals surface area (Å²) in [5, 5.41) is 11.6. The van der Waals surface area contributed by atoms with E-state index < -0.39 is 27.3 Å². The minimum atomic E-state index is -4.57. The average Bonchev–Trinajstić information content (AvgIpc) is 2.35. The number of hydrogen-bond acceptors (Lipinski definition) is 4. The lowest BCUT2D eigenvalue weighted by atomic mass is 10.1. The van der Waals surface area contributed by atoms with E-state index in [9.17, 15) is 21.6 Å². The Morgan fingerprint density at radius 3 is 2.48 bits per heavy atom. The number of rotatable bonds is 6. The third-order valence-corrected chi connectivity index (χ3v) is 3.22. The number of nitriles is 1. The van der Waals surface area contributed by atoms with Gasteiger partial charge in [0, 0.05) is 18.8 Å². The van der Waals surface area contributed by atoms with E-state index in [1.165, 1.54) is 12.1 Å². The van der Waals surface area contributed by atoms with Crippen molar-refractivity contribution in [3.63, 3.8) is 0 Å². The summed E-state index contributed by atoms with van der Waals surface area (Å²) in [7, 11) is -3.25. The Kier molecular flexibility index (Phi) is 5.57. The van der Waals surface area contributed by atoms with Crippen LogP contribution in [-0.4, -0.2) is 27.8 Å². The Bertz CT molecular complexity index is 636. The molecular weight excluding hydrogens is 307 g/mol. The zero-order valence-corrected chi connectivity index (χ0v) is 12.0. The van der Waals surface area contributed by atoms with E-state index in [4.69, 9.17) is 5.26 Å². The fourth-order valence-corrected chi connectivity index (χ4v) is 2.09. The van der Waals surface area contributed by atoms with Crippen molar-refractivity contribution >= 4 is 15.7 Å². The number of benzene rings is 1. The fourth-order valence-electron chi connectivity index (χ4n) is 1.57. The van der Waals surface area contributed by atoms with Crippen molar-refractivity contribution in [1.29, 1.82) is 5.26 Å². The Morgan fingerprint density at radius 2 is 1.95 bits per heavy atom. The summed E-state index contributed by atoms with van der Waals surface area (Å²) in [6.45, 7) is 0.580. The van der Waals surface area contributed by atoms with Crippen LogP contribution in [0.4, 0.5) is 18.9 Å². The molecule has 0 bridgehead atoms. The lowest BCUT2D eigenvalue weighted by Gasteiger charge is -2.11. The second kappa shape index (κ2) is 6.78. The van der Waals surface area contributed by atoms with Crippen LogP contribution in [0.3, 0.4) is 0 Å². The Balaban J connectivity index is 2.60. The maximum absolute atomic E-state index is 12.6. The number of sulfonamides is 1. The molecule has 0 aliphatic heterocycles. The van der Waals surface area contributed by atoms with Crippen LogP contribution in [-0.2, 0) is 16.2 Å². The number of anilines is 1. The smallest absolute Gasteiger partial charge is 0.385 e. The second-order valence-electron chi connectivity index (χ2n) is 4.32. The predicted octanol–water partition coefficient (Wildman–Crippen LogP) is 1.93. The maximum Gasteiger partial charge on any atom is 0.417 e. The summed E-state index contributed by atoms with van der Waals surface area (Å²) >= 11 is 0. The van der Waals surface area contributed by atoms with Crippen LogP contribution in [0.1, 0.15) is 17.5 Å². The van der Waals surface area contributed by atoms with Gasteiger partial charge in [0.15, 0.2) is 0 Å². The fraction of sp³-hybridized carbons (Fsp3) is 0.417. The lowest BCUT2D eigenvalue weighted by molar-refractivity contribution is -0.137. The molecule has 0 saturated heterocycles. The predicted molar refractivity (Wildman–Crippen MR) is 72.1 cm³/mol. The van der Waals surface area contributed by atoms with Gasteiger partial charge in [-0.3, -0.25) is 0 Å². The van der Waals surface area contributed by atoms with Crippen LogP contribution in [0.25, 0.3) is 0 Å². The molecule has 21 heavy (non-hydrogen) atoms. The van der Waals surface area contributed by atoms with Crippen molar-refractivity contribution in [2.45, 2.75) is 12.6 Å². The molecule has 0 fully saturated rings. The van der Waals surface area contributed by atoms with Crippen molar-refractivity contribution in [2.75, 3.05) is 24.7 Å². The van der Waals surface area contributed by atoms with Gasteiger partial charge in [-0.05, 0) is 24.6 Å². The van der Waals surface area contributed by atoms with Crippen LogP contribution in [0.15, 0.2) is 18.2 Å². The average molecular weight is 321 g/mol. The van der Waals surface area contributed by atoms with Gasteiger partial charge >= 0.3 is 6.18 Å². The Morgan fingerprint density at radius 1 is 1.29 bits per heavy atom. The van der Waals surface area contributed by atoms with Gasteiger partial charge in [-0.1, -0.05) is 0 Å². The first-order valence-electron chi connectivity index (χ1n) is 5.93. The van der Waals surface area contributed by atoms with E-state index in [0.29, 0.717) is 18.7 Å². The van der Waals surface area contributed by atoms with Crippen LogP contribution < -0.4 is 10.0 Å². The maximum atomic E-state index is 12.6. The summed E-state index contributed by atoms with van der Waals surface area (Å²) in [6.07, 6.45) is -3.07. The molecule has 0 saturated carbocycles. The first-order chi connectivity index (χ1) is 9.63. The quantitative estimate of drug-likeness (QED) is 0.784. The van der Waals surface area contributed by atoms with E-state index in [-0.39, 0.29) is 6.54 Å². The van der Waals surface area contributed by atoms with Gasteiger partial charge in [-0.15, -0.1) is 0 Å². The molecule has 2 N–H and O–H groups in total. The molecule has 0 spiro atoms. The Hall–Kier alpha value is -1.79. The highest BCUT2D eigenvalue weighted by Crippen LogP contribution is 2.32. The molecule has 0 aromatic heterocycles. The van der Waals surface area contributed by atoms with Crippen molar-refractivity contribution < 1.29 is 21.6 Å². The minimum absolute atomic E-state index is 0.220. The Labute approximate surface area is 120 Å². The van der Waals surface area contributed by atoms with Gasteiger partial charge in [-0.25, -0.2) is 13.1 Å². The van der Waals surface area contributed by atoms with E-state index in [2.05, 4.69) is 10.0 Å². The van der Waals surface area contributed by atoms with E-state index in [1.54, 1.807) is 0 Å². The molecule has 1 aromatic carbocycles. The molecule has 0 unspecified atom stereocenters. The SMILES string of the molecule is CS(=O)(=O)NCCCNc1ccc(C(F)(F)F)c(C#N)c1. The molecule has 0 aliphatic rings. The molecule has 9 heteroatoms. The third-order valence-electron chi connectivity index (χ3n) is 2.49. The van der Waals surface area contributed by atoms with Crippen molar-refractivity contribution in [2.24, 2.45) is 0 Å². The molecule has 0 atom stereocenters. The topological polar surface area (TPSA) is 82.0 Å². The highest BCUT2D eigenvalue weighted by molar-refractivity contribution is 7.88. The minimum Gasteiger partial charge on any atom is -0.385 e. The van der Waals surface area contributed by atoms with Gasteiger partial charge in [-0.2, -0.15) is 18.4 Å². The van der Waals surface area contributed by atoms with E-state index in [0.717, 1.165) is 18.4 Å². The summed E-state index contributed by atoms with van der Waals surface area (Å²) in [5.74, 6) is 0. The zero-order valence-electron chi connectivity index (χ0n) is 11.2. The summed E-state index contributed by atoms with van der Waals surface area (Å²) in [6, 6.07) is 4.70. The number of nitrogens with zero attached hydrogens (tertiary/aromatic N) is 1. The number of hydrogen-bond donors (Lipinski definition) is 2. The number of halogens is 3. The number of alkyl halides is 3. The van der Waals surface area contributed by atoms with E-state index >= 15 is 0 Å². The molecule has 1 rings (SSSR count). The van der Waals surface area contributed by atoms with Crippen molar-refractivity contribution in [3.05, 3.63) is 29.3 Å². The summed E-state index contributed by atoms with van der Waals surface area (Å²) < 4.78 is 61.7. The number of nitrogens with one attached hydrogen (secondary N) is 2. The van der Waals surface area contributed by atoms with Gasteiger partial charge in [0.1, 0.15) is 0 Å². The van der Waals surface area contributed by atoms with E-state index in [1.807, 2.05) is 0 Å². The second-order valence-corrected chi connectivity index (χ2v) is 6.15. The highest BCUT2D eigenvalue weighted by atomic mass is 32.2. The first kappa shape index (κ1) is 17.3. The molecule has 0 amide bonds. The first-order valence-corrected chi connectivity index (χ1v) is 7.82. The van der Waals surface area contributed by atoms with Gasteiger partial charge < -0.3 is 5.32 Å². The highest BCUT2D eigenvalue weighted by Gasteiger charge is 2.33. The molecular formula is C12H14F3N3O2S. The van der Waals surface area contributed by atoms with Crippen molar-refractivity contribution in [3.8, 4) is 6.07 Å². The van der Waals surface area contributed by atoms with Crippen molar-refractivity contribution in [1.82, 2.24) is 4.72 Å². The largest absolute Gasteiger partial charge is 0.417 e. The van der Waals surface area contributed by atoms with Crippen LogP contribution in [0, 0.1) is 11.3 Å². The van der Waals surface area contributed by atoms with Gasteiger partial charge in [0.25, 0.3) is 0 Å². The summed E-state index contributed by atoms with van der Waals surface area (Å²) in [5.41, 5.74) is -1.06. The molecule has 0 aliphatic carbocycles. The van der Waals surface area contributed by atoms with Gasteiger partial charge in [0.2, 0.25) is 10.0 Å². The molecule has 5 nitrogen and oxygen atoms in total. The van der Waals surface area contributed by atoms with Crippen LogP contribution in [0.2, 0.25) is 0 Å². The molecule has 1 aromatic rings. The molecule has 0 radical (unpaired) electrons. The normalized spacial score (nSPS) is 12.0. The lowest BCUT2D eigenvalue weighted by Crippen LogP contribution is -2.24. The monoisotopic (exact) mass is 321 g/mol. The third kappa shape index (κ3) is 6.01. The van der Waals surface area contributed by atoms with Gasteiger partial charge in [0.05, 0.1) is 23.5 Å². The van der Waals surface area contributed by atoms with Crippen LogP contribution >= 0.6 is 0 Å². The zero-order chi connectivity index (χ0) is 16.1. The standard InChI is InChI=1S/C12H14F3N3O2S/c1-21(19,20)18-6-2-5-17-10-3-4-11(12(13,14)15)9(7-10)8-16/h3-4,7,17-18H,2,5-6H2,1H3. The molecule has 0 heterocycles. The molecule has 116 valence electrons. The van der Waals surface area contributed by atoms with Crippen LogP contribution in [0.5, 0.6) is 0 Å².